The highest BCUT2D eigenvalue weighted by atomic mass is 16.5. The van der Waals surface area contributed by atoms with Crippen molar-refractivity contribution in [1.29, 1.82) is 0 Å². The second-order valence-corrected chi connectivity index (χ2v) is 6.23. The van der Waals surface area contributed by atoms with Crippen molar-refractivity contribution in [3.05, 3.63) is 23.4 Å². The minimum atomic E-state index is 0.742. The van der Waals surface area contributed by atoms with Crippen LogP contribution < -0.4 is 10.1 Å². The minimum Gasteiger partial charge on any atom is -0.478 e. The van der Waals surface area contributed by atoms with Crippen LogP contribution in [0.3, 0.4) is 0 Å². The lowest BCUT2D eigenvalue weighted by Gasteiger charge is -2.09. The van der Waals surface area contributed by atoms with Crippen LogP contribution in [0.1, 0.15) is 69.5 Å². The predicted molar refractivity (Wildman–Crippen MR) is 87.7 cm³/mol. The number of unbranched alkanes of at least 4 members (excludes halogenated alkanes) is 5. The molecular weight excluding hydrogens is 260 g/mol. The molecular formula is C18H30N2O. The van der Waals surface area contributed by atoms with E-state index >= 15 is 0 Å². The first-order valence-corrected chi connectivity index (χ1v) is 8.61. The Hall–Kier alpha value is -1.09. The first-order valence-electron chi connectivity index (χ1n) is 8.61. The van der Waals surface area contributed by atoms with Crippen LogP contribution >= 0.6 is 0 Å². The number of nitrogens with zero attached hydrogens (tertiary/aromatic N) is 1. The quantitative estimate of drug-likeness (QED) is 0.614. The van der Waals surface area contributed by atoms with Crippen molar-refractivity contribution in [3.8, 4) is 5.88 Å². The Morgan fingerprint density at radius 2 is 1.90 bits per heavy atom. The van der Waals surface area contributed by atoms with Gasteiger partial charge in [-0.2, -0.15) is 0 Å². The summed E-state index contributed by atoms with van der Waals surface area (Å²) in [5.74, 6) is 0.788. The van der Waals surface area contributed by atoms with E-state index in [1.807, 2.05) is 6.92 Å². The monoisotopic (exact) mass is 290 g/mol. The second-order valence-electron chi connectivity index (χ2n) is 6.23. The van der Waals surface area contributed by atoms with Crippen molar-refractivity contribution in [2.75, 3.05) is 6.61 Å². The molecule has 3 heteroatoms. The third-order valence-electron chi connectivity index (χ3n) is 3.91. The van der Waals surface area contributed by atoms with E-state index in [1.165, 1.54) is 50.5 Å². The van der Waals surface area contributed by atoms with Gasteiger partial charge in [-0.05, 0) is 37.8 Å². The first kappa shape index (κ1) is 16.3. The van der Waals surface area contributed by atoms with E-state index in [1.54, 1.807) is 0 Å². The largest absolute Gasteiger partial charge is 0.478 e. The normalized spacial score (nSPS) is 14.4. The third-order valence-corrected chi connectivity index (χ3v) is 3.91. The Labute approximate surface area is 129 Å². The molecule has 1 N–H and O–H groups in total. The lowest BCUT2D eigenvalue weighted by molar-refractivity contribution is 0.292. The summed E-state index contributed by atoms with van der Waals surface area (Å²) in [6.45, 7) is 6.01. The van der Waals surface area contributed by atoms with Crippen molar-refractivity contribution < 1.29 is 4.74 Å². The summed E-state index contributed by atoms with van der Waals surface area (Å²) in [6, 6.07) is 4.97. The van der Waals surface area contributed by atoms with Gasteiger partial charge in [0, 0.05) is 24.3 Å². The number of hydrogen-bond donors (Lipinski definition) is 1. The molecule has 1 aliphatic carbocycles. The number of rotatable bonds is 11. The molecule has 0 saturated heterocycles. The zero-order chi connectivity index (χ0) is 14.9. The van der Waals surface area contributed by atoms with Crippen LogP contribution in [0.25, 0.3) is 0 Å². The standard InChI is InChI=1S/C18H30N2O/c1-3-4-5-6-7-8-11-21-18-13-16(12-15(2)20-18)14-19-17-9-10-17/h12-13,17,19H,3-11,14H2,1-2H3. The van der Waals surface area contributed by atoms with Crippen molar-refractivity contribution in [1.82, 2.24) is 10.3 Å². The van der Waals surface area contributed by atoms with Crippen LogP contribution in [-0.4, -0.2) is 17.6 Å². The van der Waals surface area contributed by atoms with E-state index in [0.717, 1.165) is 37.2 Å². The van der Waals surface area contributed by atoms with Crippen LogP contribution in [0.2, 0.25) is 0 Å². The van der Waals surface area contributed by atoms with Crippen molar-refractivity contribution >= 4 is 0 Å². The van der Waals surface area contributed by atoms with Gasteiger partial charge in [0.15, 0.2) is 0 Å². The highest BCUT2D eigenvalue weighted by Crippen LogP contribution is 2.20. The molecule has 1 saturated carbocycles. The highest BCUT2D eigenvalue weighted by Gasteiger charge is 2.20. The molecule has 0 aliphatic heterocycles. The Morgan fingerprint density at radius 3 is 2.67 bits per heavy atom. The van der Waals surface area contributed by atoms with Gasteiger partial charge in [-0.1, -0.05) is 39.0 Å². The van der Waals surface area contributed by atoms with E-state index in [0.29, 0.717) is 0 Å². The van der Waals surface area contributed by atoms with E-state index < -0.39 is 0 Å². The Kier molecular flexibility index (Phi) is 7.01. The topological polar surface area (TPSA) is 34.1 Å². The average molecular weight is 290 g/mol. The molecule has 1 heterocycles. The summed E-state index contributed by atoms with van der Waals surface area (Å²) < 4.78 is 5.82. The van der Waals surface area contributed by atoms with E-state index in [-0.39, 0.29) is 0 Å². The van der Waals surface area contributed by atoms with Crippen molar-refractivity contribution in [2.45, 2.75) is 77.8 Å². The molecule has 21 heavy (non-hydrogen) atoms. The molecule has 1 aromatic heterocycles. The summed E-state index contributed by atoms with van der Waals surface area (Å²) in [7, 11) is 0. The zero-order valence-corrected chi connectivity index (χ0v) is 13.7. The number of pyridine rings is 1. The summed E-state index contributed by atoms with van der Waals surface area (Å²) in [4.78, 5) is 4.47. The molecule has 0 radical (unpaired) electrons. The van der Waals surface area contributed by atoms with Crippen LogP contribution in [0, 0.1) is 6.92 Å². The molecule has 1 aromatic rings. The van der Waals surface area contributed by atoms with Crippen molar-refractivity contribution in [3.63, 3.8) is 0 Å². The molecule has 0 spiro atoms. The highest BCUT2D eigenvalue weighted by molar-refractivity contribution is 5.24. The Morgan fingerprint density at radius 1 is 1.14 bits per heavy atom. The van der Waals surface area contributed by atoms with Crippen LogP contribution in [0.4, 0.5) is 0 Å². The maximum absolute atomic E-state index is 5.82. The number of hydrogen-bond acceptors (Lipinski definition) is 3. The summed E-state index contributed by atoms with van der Waals surface area (Å²) in [5.41, 5.74) is 2.33. The van der Waals surface area contributed by atoms with Crippen LogP contribution in [0.5, 0.6) is 5.88 Å². The summed E-state index contributed by atoms with van der Waals surface area (Å²) in [5, 5.41) is 3.54. The van der Waals surface area contributed by atoms with Gasteiger partial charge in [0.05, 0.1) is 6.61 Å². The maximum Gasteiger partial charge on any atom is 0.213 e. The van der Waals surface area contributed by atoms with Crippen LogP contribution in [-0.2, 0) is 6.54 Å². The molecule has 0 aromatic carbocycles. The second kappa shape index (κ2) is 9.04. The first-order chi connectivity index (χ1) is 10.3. The molecule has 0 atom stereocenters. The molecule has 3 nitrogen and oxygen atoms in total. The number of nitrogens with one attached hydrogen (secondary N) is 1. The maximum atomic E-state index is 5.82. The van der Waals surface area contributed by atoms with Gasteiger partial charge in [-0.15, -0.1) is 0 Å². The molecule has 1 fully saturated rings. The fraction of sp³-hybridized carbons (Fsp3) is 0.722. The average Bonchev–Trinajstić information content (AvgIpc) is 3.28. The van der Waals surface area contributed by atoms with Gasteiger partial charge in [-0.25, -0.2) is 4.98 Å². The summed E-state index contributed by atoms with van der Waals surface area (Å²) >= 11 is 0. The van der Waals surface area contributed by atoms with E-state index in [4.69, 9.17) is 4.74 Å². The smallest absolute Gasteiger partial charge is 0.213 e. The lowest BCUT2D eigenvalue weighted by Crippen LogP contribution is -2.15. The molecule has 2 rings (SSSR count). The van der Waals surface area contributed by atoms with Gasteiger partial charge in [0.25, 0.3) is 0 Å². The van der Waals surface area contributed by atoms with Gasteiger partial charge in [0.2, 0.25) is 5.88 Å². The van der Waals surface area contributed by atoms with Gasteiger partial charge in [-0.3, -0.25) is 0 Å². The van der Waals surface area contributed by atoms with Gasteiger partial charge < -0.3 is 10.1 Å². The molecule has 118 valence electrons. The fourth-order valence-corrected chi connectivity index (χ4v) is 2.49. The lowest BCUT2D eigenvalue weighted by atomic mass is 10.1. The fourth-order valence-electron chi connectivity index (χ4n) is 2.49. The zero-order valence-electron chi connectivity index (χ0n) is 13.7. The van der Waals surface area contributed by atoms with Gasteiger partial charge >= 0.3 is 0 Å². The van der Waals surface area contributed by atoms with Crippen LogP contribution in [0.15, 0.2) is 12.1 Å². The van der Waals surface area contributed by atoms with E-state index in [9.17, 15) is 0 Å². The Bertz CT molecular complexity index is 416. The number of ether oxygens (including phenoxy) is 1. The Balaban J connectivity index is 1.66. The molecule has 1 aliphatic rings. The minimum absolute atomic E-state index is 0.742. The SMILES string of the molecule is CCCCCCCCOc1cc(CNC2CC2)cc(C)n1. The number of aryl methyl sites for hydroxylation is 1. The molecule has 0 amide bonds. The van der Waals surface area contributed by atoms with Crippen molar-refractivity contribution in [2.24, 2.45) is 0 Å². The number of aromatic nitrogens is 1. The van der Waals surface area contributed by atoms with Gasteiger partial charge in [0.1, 0.15) is 0 Å². The molecule has 0 bridgehead atoms. The third kappa shape index (κ3) is 6.94. The van der Waals surface area contributed by atoms with E-state index in [2.05, 4.69) is 29.4 Å². The predicted octanol–water partition coefficient (Wildman–Crippen LogP) is 4.38. The molecule has 0 unspecified atom stereocenters. The summed E-state index contributed by atoms with van der Waals surface area (Å²) in [6.07, 6.45) is 10.4.